The van der Waals surface area contributed by atoms with Gasteiger partial charge in [0.15, 0.2) is 6.61 Å². The molecule has 0 atom stereocenters. The maximum absolute atomic E-state index is 12.7. The molecule has 3 aromatic rings. The Hall–Kier alpha value is -3.18. The topological polar surface area (TPSA) is 57.5 Å². The Kier molecular flexibility index (Phi) is 4.84. The highest BCUT2D eigenvalue weighted by molar-refractivity contribution is 6.00. The van der Waals surface area contributed by atoms with E-state index >= 15 is 0 Å². The zero-order valence-electron chi connectivity index (χ0n) is 15.9. The van der Waals surface area contributed by atoms with E-state index in [0.29, 0.717) is 24.3 Å². The summed E-state index contributed by atoms with van der Waals surface area (Å²) in [6.07, 6.45) is 0. The molecule has 2 heterocycles. The highest BCUT2D eigenvalue weighted by atomic mass is 16.5. The normalized spacial score (nSPS) is 12.6. The minimum atomic E-state index is -0.500. The van der Waals surface area contributed by atoms with Crippen molar-refractivity contribution in [1.29, 1.82) is 0 Å². The molecule has 0 radical (unpaired) electrons. The third-order valence-corrected chi connectivity index (χ3v) is 5.04. The summed E-state index contributed by atoms with van der Waals surface area (Å²) in [7, 11) is 0. The highest BCUT2D eigenvalue weighted by Crippen LogP contribution is 2.23. The molecule has 28 heavy (non-hydrogen) atoms. The number of ether oxygens (including phenoxy) is 2. The standard InChI is InChI=1S/C23H21NO4/c1-15-10-21(16(2)24(15)20-6-4-3-5-7-20)22(25)14-28-23(26)17-8-9-18-12-27-13-19(18)11-17/h3-11H,12-14H2,1-2H3. The molecule has 0 saturated heterocycles. The van der Waals surface area contributed by atoms with Gasteiger partial charge in [-0.2, -0.15) is 0 Å². The van der Waals surface area contributed by atoms with Gasteiger partial charge in [-0.25, -0.2) is 4.79 Å². The van der Waals surface area contributed by atoms with Crippen LogP contribution in [-0.4, -0.2) is 22.9 Å². The van der Waals surface area contributed by atoms with Crippen LogP contribution in [0.1, 0.15) is 43.2 Å². The van der Waals surface area contributed by atoms with Crippen LogP contribution in [0.15, 0.2) is 54.6 Å². The van der Waals surface area contributed by atoms with Gasteiger partial charge in [0, 0.05) is 22.6 Å². The lowest BCUT2D eigenvalue weighted by Gasteiger charge is -2.10. The molecule has 0 amide bonds. The summed E-state index contributed by atoms with van der Waals surface area (Å²) in [5, 5.41) is 0. The van der Waals surface area contributed by atoms with Crippen LogP contribution in [0.3, 0.4) is 0 Å². The van der Waals surface area contributed by atoms with Crippen molar-refractivity contribution in [1.82, 2.24) is 4.57 Å². The molecule has 1 aromatic heterocycles. The van der Waals surface area contributed by atoms with E-state index in [9.17, 15) is 9.59 Å². The number of hydrogen-bond acceptors (Lipinski definition) is 4. The van der Waals surface area contributed by atoms with E-state index in [1.807, 2.05) is 60.9 Å². The number of benzene rings is 2. The highest BCUT2D eigenvalue weighted by Gasteiger charge is 2.20. The van der Waals surface area contributed by atoms with Gasteiger partial charge >= 0.3 is 5.97 Å². The first-order valence-electron chi connectivity index (χ1n) is 9.19. The molecule has 4 rings (SSSR count). The molecule has 0 aliphatic carbocycles. The van der Waals surface area contributed by atoms with Gasteiger partial charge in [0.05, 0.1) is 18.8 Å². The van der Waals surface area contributed by atoms with Crippen LogP contribution in [0.25, 0.3) is 5.69 Å². The Labute approximate surface area is 163 Å². The molecule has 5 nitrogen and oxygen atoms in total. The summed E-state index contributed by atoms with van der Waals surface area (Å²) in [5.74, 6) is -0.715. The summed E-state index contributed by atoms with van der Waals surface area (Å²) in [6.45, 7) is 4.64. The van der Waals surface area contributed by atoms with Gasteiger partial charge in [0.25, 0.3) is 0 Å². The molecule has 1 aliphatic heterocycles. The molecule has 0 unspecified atom stereocenters. The summed E-state index contributed by atoms with van der Waals surface area (Å²) in [4.78, 5) is 25.0. The number of rotatable bonds is 5. The zero-order chi connectivity index (χ0) is 19.7. The van der Waals surface area contributed by atoms with Crippen LogP contribution in [0.4, 0.5) is 0 Å². The predicted octanol–water partition coefficient (Wildman–Crippen LogP) is 4.16. The van der Waals surface area contributed by atoms with Crippen LogP contribution in [-0.2, 0) is 22.7 Å². The number of Topliss-reactive ketones (excluding diaryl/α,β-unsaturated/α-hetero) is 1. The van der Waals surface area contributed by atoms with Crippen LogP contribution in [0.2, 0.25) is 0 Å². The Bertz CT molecular complexity index is 1050. The van der Waals surface area contributed by atoms with E-state index in [4.69, 9.17) is 9.47 Å². The number of ketones is 1. The molecule has 0 N–H and O–H groups in total. The molecule has 142 valence electrons. The second-order valence-electron chi connectivity index (χ2n) is 6.93. The van der Waals surface area contributed by atoms with Crippen LogP contribution < -0.4 is 0 Å². The lowest BCUT2D eigenvalue weighted by Crippen LogP contribution is -2.15. The van der Waals surface area contributed by atoms with Crippen LogP contribution in [0, 0.1) is 13.8 Å². The fourth-order valence-electron chi connectivity index (χ4n) is 3.61. The van der Waals surface area contributed by atoms with Crippen molar-refractivity contribution in [3.63, 3.8) is 0 Å². The van der Waals surface area contributed by atoms with Crippen molar-refractivity contribution in [3.05, 3.63) is 88.2 Å². The smallest absolute Gasteiger partial charge is 0.338 e. The molecule has 5 heteroatoms. The van der Waals surface area contributed by atoms with E-state index in [-0.39, 0.29) is 12.4 Å². The molecular weight excluding hydrogens is 354 g/mol. The van der Waals surface area contributed by atoms with Gasteiger partial charge in [-0.05, 0) is 55.3 Å². The van der Waals surface area contributed by atoms with Gasteiger partial charge in [-0.1, -0.05) is 24.3 Å². The molecule has 0 fully saturated rings. The number of esters is 1. The van der Waals surface area contributed by atoms with Gasteiger partial charge < -0.3 is 14.0 Å². The second kappa shape index (κ2) is 7.44. The maximum atomic E-state index is 12.7. The van der Waals surface area contributed by atoms with Crippen LogP contribution in [0.5, 0.6) is 0 Å². The first-order chi connectivity index (χ1) is 13.5. The quantitative estimate of drug-likeness (QED) is 0.496. The largest absolute Gasteiger partial charge is 0.454 e. The third-order valence-electron chi connectivity index (χ3n) is 5.04. The van der Waals surface area contributed by atoms with Crippen molar-refractivity contribution in [3.8, 4) is 5.69 Å². The van der Waals surface area contributed by atoms with Crippen molar-refractivity contribution < 1.29 is 19.1 Å². The molecule has 0 bridgehead atoms. The van der Waals surface area contributed by atoms with E-state index < -0.39 is 5.97 Å². The molecule has 0 saturated carbocycles. The van der Waals surface area contributed by atoms with Crippen molar-refractivity contribution >= 4 is 11.8 Å². The van der Waals surface area contributed by atoms with E-state index in [2.05, 4.69) is 0 Å². The van der Waals surface area contributed by atoms with Crippen molar-refractivity contribution in [2.45, 2.75) is 27.1 Å². The monoisotopic (exact) mass is 375 g/mol. The van der Waals surface area contributed by atoms with Gasteiger partial charge in [-0.3, -0.25) is 4.79 Å². The number of carbonyl (C=O) groups excluding carboxylic acids is 2. The second-order valence-corrected chi connectivity index (χ2v) is 6.93. The number of aromatic nitrogens is 1. The number of fused-ring (bicyclic) bond motifs is 1. The summed E-state index contributed by atoms with van der Waals surface area (Å²) in [6, 6.07) is 17.0. The first-order valence-corrected chi connectivity index (χ1v) is 9.19. The number of para-hydroxylation sites is 1. The Morgan fingerprint density at radius 3 is 2.54 bits per heavy atom. The summed E-state index contributed by atoms with van der Waals surface area (Å²) < 4.78 is 12.7. The van der Waals surface area contributed by atoms with Crippen molar-refractivity contribution in [2.75, 3.05) is 6.61 Å². The molecule has 0 spiro atoms. The molecule has 2 aromatic carbocycles. The number of carbonyl (C=O) groups is 2. The average molecular weight is 375 g/mol. The predicted molar refractivity (Wildman–Crippen MR) is 105 cm³/mol. The lowest BCUT2D eigenvalue weighted by atomic mass is 10.1. The first kappa shape index (κ1) is 18.2. The third kappa shape index (κ3) is 3.37. The number of hydrogen-bond donors (Lipinski definition) is 0. The Morgan fingerprint density at radius 2 is 1.75 bits per heavy atom. The summed E-state index contributed by atoms with van der Waals surface area (Å²) >= 11 is 0. The van der Waals surface area contributed by atoms with E-state index in [1.54, 1.807) is 12.1 Å². The average Bonchev–Trinajstić information content (AvgIpc) is 3.29. The minimum Gasteiger partial charge on any atom is -0.454 e. The van der Waals surface area contributed by atoms with E-state index in [0.717, 1.165) is 28.2 Å². The molecular formula is C23H21NO4. The fraction of sp³-hybridized carbons (Fsp3) is 0.217. The number of nitrogens with zero attached hydrogens (tertiary/aromatic N) is 1. The minimum absolute atomic E-state index is 0.215. The fourth-order valence-corrected chi connectivity index (χ4v) is 3.61. The van der Waals surface area contributed by atoms with Gasteiger partial charge in [0.2, 0.25) is 5.78 Å². The summed E-state index contributed by atoms with van der Waals surface area (Å²) in [5.41, 5.74) is 5.86. The van der Waals surface area contributed by atoms with E-state index in [1.165, 1.54) is 0 Å². The van der Waals surface area contributed by atoms with Crippen molar-refractivity contribution in [2.24, 2.45) is 0 Å². The molecule has 1 aliphatic rings. The Balaban J connectivity index is 1.48. The SMILES string of the molecule is Cc1cc(C(=O)COC(=O)c2ccc3c(c2)COC3)c(C)n1-c1ccccc1. The van der Waals surface area contributed by atoms with Gasteiger partial charge in [-0.15, -0.1) is 0 Å². The number of aryl methyl sites for hydroxylation is 1. The zero-order valence-corrected chi connectivity index (χ0v) is 15.9. The Morgan fingerprint density at radius 1 is 1.00 bits per heavy atom. The lowest BCUT2D eigenvalue weighted by molar-refractivity contribution is 0.0474. The maximum Gasteiger partial charge on any atom is 0.338 e. The van der Waals surface area contributed by atoms with Crippen LogP contribution >= 0.6 is 0 Å². The van der Waals surface area contributed by atoms with Gasteiger partial charge in [0.1, 0.15) is 0 Å².